The average Bonchev–Trinajstić information content (AvgIpc) is 2.61. The number of aliphatic hydroxyl groups excluding tert-OH is 1. The number of hydrogen-bond donors (Lipinski definition) is 1. The standard InChI is InChI=1S/C14H26N2O2/c1-3-5-7-13(17)12-15-8-6-9-16(11-10-15)14(18)4-2/h3,13,17H,1,4-12H2,2H3. The first-order valence-corrected chi connectivity index (χ1v) is 6.96. The van der Waals surface area contributed by atoms with Crippen molar-refractivity contribution in [1.82, 2.24) is 9.80 Å². The van der Waals surface area contributed by atoms with Crippen LogP contribution in [0.1, 0.15) is 32.6 Å². The van der Waals surface area contributed by atoms with Gasteiger partial charge in [0.1, 0.15) is 0 Å². The molecule has 0 bridgehead atoms. The largest absolute Gasteiger partial charge is 0.392 e. The lowest BCUT2D eigenvalue weighted by Crippen LogP contribution is -2.37. The van der Waals surface area contributed by atoms with Crippen LogP contribution in [-0.4, -0.2) is 59.6 Å². The smallest absolute Gasteiger partial charge is 0.222 e. The van der Waals surface area contributed by atoms with Crippen LogP contribution in [0.2, 0.25) is 0 Å². The van der Waals surface area contributed by atoms with Crippen molar-refractivity contribution in [2.24, 2.45) is 0 Å². The second-order valence-corrected chi connectivity index (χ2v) is 4.91. The topological polar surface area (TPSA) is 43.8 Å². The summed E-state index contributed by atoms with van der Waals surface area (Å²) in [6.45, 7) is 9.77. The van der Waals surface area contributed by atoms with Gasteiger partial charge < -0.3 is 10.0 Å². The zero-order chi connectivity index (χ0) is 13.4. The molecular formula is C14H26N2O2. The van der Waals surface area contributed by atoms with Crippen molar-refractivity contribution in [3.05, 3.63) is 12.7 Å². The van der Waals surface area contributed by atoms with E-state index in [1.54, 1.807) is 0 Å². The summed E-state index contributed by atoms with van der Waals surface area (Å²) in [5, 5.41) is 9.88. The summed E-state index contributed by atoms with van der Waals surface area (Å²) in [5.41, 5.74) is 0. The Morgan fingerprint density at radius 2 is 2.17 bits per heavy atom. The van der Waals surface area contributed by atoms with Crippen LogP contribution in [0.15, 0.2) is 12.7 Å². The molecule has 1 saturated heterocycles. The van der Waals surface area contributed by atoms with Gasteiger partial charge in [0, 0.05) is 32.6 Å². The highest BCUT2D eigenvalue weighted by atomic mass is 16.3. The van der Waals surface area contributed by atoms with Gasteiger partial charge in [-0.05, 0) is 25.8 Å². The molecule has 0 aromatic heterocycles. The molecule has 0 spiro atoms. The fourth-order valence-corrected chi connectivity index (χ4v) is 2.33. The predicted molar refractivity (Wildman–Crippen MR) is 73.4 cm³/mol. The number of aliphatic hydroxyl groups is 1. The Labute approximate surface area is 110 Å². The molecule has 1 unspecified atom stereocenters. The maximum absolute atomic E-state index is 11.6. The number of nitrogens with zero attached hydrogens (tertiary/aromatic N) is 2. The molecule has 1 fully saturated rings. The van der Waals surface area contributed by atoms with E-state index in [1.165, 1.54) is 0 Å². The Bertz CT molecular complexity index is 269. The Morgan fingerprint density at radius 1 is 1.39 bits per heavy atom. The van der Waals surface area contributed by atoms with Crippen molar-refractivity contribution < 1.29 is 9.90 Å². The zero-order valence-corrected chi connectivity index (χ0v) is 11.5. The van der Waals surface area contributed by atoms with E-state index in [0.717, 1.165) is 45.4 Å². The van der Waals surface area contributed by atoms with Gasteiger partial charge in [0.05, 0.1) is 6.10 Å². The maximum atomic E-state index is 11.6. The summed E-state index contributed by atoms with van der Waals surface area (Å²) in [6.07, 6.45) is 4.78. The molecule has 1 aliphatic rings. The maximum Gasteiger partial charge on any atom is 0.222 e. The van der Waals surface area contributed by atoms with Gasteiger partial charge in [-0.15, -0.1) is 6.58 Å². The van der Waals surface area contributed by atoms with Crippen LogP contribution in [0, 0.1) is 0 Å². The molecule has 0 saturated carbocycles. The van der Waals surface area contributed by atoms with E-state index in [2.05, 4.69) is 11.5 Å². The first kappa shape index (κ1) is 15.2. The van der Waals surface area contributed by atoms with Gasteiger partial charge in [0.2, 0.25) is 5.91 Å². The number of carbonyl (C=O) groups excluding carboxylic acids is 1. The molecule has 1 rings (SSSR count). The van der Waals surface area contributed by atoms with E-state index in [9.17, 15) is 9.90 Å². The molecule has 0 aliphatic carbocycles. The van der Waals surface area contributed by atoms with Crippen LogP contribution in [0.3, 0.4) is 0 Å². The molecule has 0 radical (unpaired) electrons. The summed E-state index contributed by atoms with van der Waals surface area (Å²) < 4.78 is 0. The zero-order valence-electron chi connectivity index (χ0n) is 11.5. The van der Waals surface area contributed by atoms with E-state index in [0.29, 0.717) is 13.0 Å². The fourth-order valence-electron chi connectivity index (χ4n) is 2.33. The van der Waals surface area contributed by atoms with Crippen molar-refractivity contribution in [2.45, 2.75) is 38.7 Å². The summed E-state index contributed by atoms with van der Waals surface area (Å²) in [6, 6.07) is 0. The number of rotatable bonds is 6. The first-order valence-electron chi connectivity index (χ1n) is 6.96. The highest BCUT2D eigenvalue weighted by molar-refractivity contribution is 5.75. The average molecular weight is 254 g/mol. The third-order valence-electron chi connectivity index (χ3n) is 3.42. The SMILES string of the molecule is C=CCCC(O)CN1CCCN(C(=O)CC)CC1. The molecule has 0 aromatic rings. The number of allylic oxidation sites excluding steroid dienone is 1. The van der Waals surface area contributed by atoms with Gasteiger partial charge >= 0.3 is 0 Å². The van der Waals surface area contributed by atoms with Gasteiger partial charge in [-0.3, -0.25) is 9.69 Å². The third kappa shape index (κ3) is 5.19. The predicted octanol–water partition coefficient (Wildman–Crippen LogP) is 1.26. The van der Waals surface area contributed by atoms with Crippen LogP contribution in [-0.2, 0) is 4.79 Å². The quantitative estimate of drug-likeness (QED) is 0.726. The fraction of sp³-hybridized carbons (Fsp3) is 0.786. The van der Waals surface area contributed by atoms with Gasteiger partial charge in [0.25, 0.3) is 0 Å². The van der Waals surface area contributed by atoms with Crippen LogP contribution in [0.5, 0.6) is 0 Å². The lowest BCUT2D eigenvalue weighted by molar-refractivity contribution is -0.130. The Balaban J connectivity index is 2.32. The molecule has 1 amide bonds. The second-order valence-electron chi connectivity index (χ2n) is 4.91. The van der Waals surface area contributed by atoms with E-state index in [-0.39, 0.29) is 12.0 Å². The summed E-state index contributed by atoms with van der Waals surface area (Å²) in [5.74, 6) is 0.240. The lowest BCUT2D eigenvalue weighted by atomic mass is 10.2. The molecule has 1 aliphatic heterocycles. The van der Waals surface area contributed by atoms with E-state index < -0.39 is 0 Å². The van der Waals surface area contributed by atoms with Crippen molar-refractivity contribution in [2.75, 3.05) is 32.7 Å². The minimum absolute atomic E-state index is 0.240. The second kappa shape index (κ2) is 8.27. The molecule has 18 heavy (non-hydrogen) atoms. The van der Waals surface area contributed by atoms with Crippen LogP contribution in [0.4, 0.5) is 0 Å². The van der Waals surface area contributed by atoms with Crippen molar-refractivity contribution in [3.63, 3.8) is 0 Å². The number of carbonyl (C=O) groups is 1. The molecule has 1 heterocycles. The molecule has 104 valence electrons. The molecule has 4 nitrogen and oxygen atoms in total. The Morgan fingerprint density at radius 3 is 2.83 bits per heavy atom. The van der Waals surface area contributed by atoms with Crippen LogP contribution < -0.4 is 0 Å². The van der Waals surface area contributed by atoms with E-state index in [4.69, 9.17) is 0 Å². The molecule has 0 aromatic carbocycles. The monoisotopic (exact) mass is 254 g/mol. The lowest BCUT2D eigenvalue weighted by Gasteiger charge is -2.23. The van der Waals surface area contributed by atoms with Gasteiger partial charge in [-0.1, -0.05) is 13.0 Å². The molecule has 1 N–H and O–H groups in total. The highest BCUT2D eigenvalue weighted by Crippen LogP contribution is 2.07. The minimum Gasteiger partial charge on any atom is -0.392 e. The van der Waals surface area contributed by atoms with Crippen LogP contribution in [0.25, 0.3) is 0 Å². The minimum atomic E-state index is -0.281. The summed E-state index contributed by atoms with van der Waals surface area (Å²) >= 11 is 0. The van der Waals surface area contributed by atoms with Gasteiger partial charge in [-0.25, -0.2) is 0 Å². The van der Waals surface area contributed by atoms with Gasteiger partial charge in [0.15, 0.2) is 0 Å². The molecular weight excluding hydrogens is 228 g/mol. The third-order valence-corrected chi connectivity index (χ3v) is 3.42. The Kier molecular flexibility index (Phi) is 6.98. The van der Waals surface area contributed by atoms with Crippen molar-refractivity contribution in [1.29, 1.82) is 0 Å². The number of amides is 1. The highest BCUT2D eigenvalue weighted by Gasteiger charge is 2.19. The summed E-state index contributed by atoms with van der Waals surface area (Å²) in [4.78, 5) is 15.8. The number of hydrogen-bond acceptors (Lipinski definition) is 3. The summed E-state index contributed by atoms with van der Waals surface area (Å²) in [7, 11) is 0. The van der Waals surface area contributed by atoms with E-state index >= 15 is 0 Å². The number of β-amino-alcohol motifs (C(OH)–C–C–N with tert-alkyl or cyclic N) is 1. The molecule has 4 heteroatoms. The van der Waals surface area contributed by atoms with E-state index in [1.807, 2.05) is 17.9 Å². The van der Waals surface area contributed by atoms with Crippen molar-refractivity contribution in [3.8, 4) is 0 Å². The normalized spacial score (nSPS) is 19.3. The first-order chi connectivity index (χ1) is 8.67. The van der Waals surface area contributed by atoms with Crippen molar-refractivity contribution >= 4 is 5.91 Å². The van der Waals surface area contributed by atoms with Gasteiger partial charge in [-0.2, -0.15) is 0 Å². The Hall–Kier alpha value is -0.870. The molecule has 1 atom stereocenters. The van der Waals surface area contributed by atoms with Crippen LogP contribution >= 0.6 is 0 Å².